The van der Waals surface area contributed by atoms with Crippen molar-refractivity contribution in [3.05, 3.63) is 35.9 Å². The Hall–Kier alpha value is -1.08. The Balaban J connectivity index is 1.49. The van der Waals surface area contributed by atoms with Crippen LogP contribution in [0.5, 0.6) is 0 Å². The second-order valence-corrected chi connectivity index (χ2v) is 7.89. The quantitative estimate of drug-likeness (QED) is 0.801. The molecule has 25 heavy (non-hydrogen) atoms. The van der Waals surface area contributed by atoms with Gasteiger partial charge in [-0.1, -0.05) is 30.3 Å². The van der Waals surface area contributed by atoms with Crippen LogP contribution >= 0.6 is 11.8 Å². The summed E-state index contributed by atoms with van der Waals surface area (Å²) in [7, 11) is 0. The minimum atomic E-state index is -0.448. The first-order valence-corrected chi connectivity index (χ1v) is 10.2. The smallest absolute Gasteiger partial charge is 0.248 e. The molecule has 2 saturated heterocycles. The van der Waals surface area contributed by atoms with Gasteiger partial charge in [0.15, 0.2) is 0 Å². The fourth-order valence-corrected chi connectivity index (χ4v) is 4.88. The van der Waals surface area contributed by atoms with Gasteiger partial charge in [0, 0.05) is 30.9 Å². The standard InChI is InChI=1S/C19H28N2O3S/c1-16(24-13-17-5-3-2-4-6-17)18(22)20-14-19(7-12-25-15-19)21-8-10-23-11-9-21/h2-6,16H,7-15H2,1H3,(H,20,22)/t16-,19+/m0/s1. The monoisotopic (exact) mass is 364 g/mol. The van der Waals surface area contributed by atoms with Gasteiger partial charge in [-0.05, 0) is 24.7 Å². The van der Waals surface area contributed by atoms with Crippen LogP contribution in [0.1, 0.15) is 18.9 Å². The first-order chi connectivity index (χ1) is 12.2. The third-order valence-corrected chi connectivity index (χ3v) is 6.30. The van der Waals surface area contributed by atoms with Crippen molar-refractivity contribution in [3.8, 4) is 0 Å². The van der Waals surface area contributed by atoms with Gasteiger partial charge in [-0.25, -0.2) is 0 Å². The van der Waals surface area contributed by atoms with E-state index >= 15 is 0 Å². The second-order valence-electron chi connectivity index (χ2n) is 6.78. The molecule has 0 radical (unpaired) electrons. The van der Waals surface area contributed by atoms with Crippen LogP contribution < -0.4 is 5.32 Å². The van der Waals surface area contributed by atoms with Crippen LogP contribution in [0.3, 0.4) is 0 Å². The minimum Gasteiger partial charge on any atom is -0.379 e. The molecule has 2 fully saturated rings. The minimum absolute atomic E-state index is 0.0273. The lowest BCUT2D eigenvalue weighted by Gasteiger charge is -2.43. The third kappa shape index (κ3) is 4.97. The predicted octanol–water partition coefficient (Wildman–Crippen LogP) is 1.92. The van der Waals surface area contributed by atoms with Crippen molar-refractivity contribution in [2.75, 3.05) is 44.4 Å². The van der Waals surface area contributed by atoms with Crippen LogP contribution in [0.4, 0.5) is 0 Å². The molecule has 1 aromatic carbocycles. The number of benzene rings is 1. The molecule has 2 aliphatic rings. The van der Waals surface area contributed by atoms with E-state index in [4.69, 9.17) is 9.47 Å². The van der Waals surface area contributed by atoms with Crippen molar-refractivity contribution in [3.63, 3.8) is 0 Å². The molecule has 5 nitrogen and oxygen atoms in total. The fraction of sp³-hybridized carbons (Fsp3) is 0.632. The molecule has 0 bridgehead atoms. The van der Waals surface area contributed by atoms with Gasteiger partial charge in [-0.2, -0.15) is 11.8 Å². The first kappa shape index (κ1) is 18.7. The zero-order valence-electron chi connectivity index (χ0n) is 14.9. The van der Waals surface area contributed by atoms with E-state index in [1.165, 1.54) is 0 Å². The summed E-state index contributed by atoms with van der Waals surface area (Å²) >= 11 is 1.98. The molecular weight excluding hydrogens is 336 g/mol. The summed E-state index contributed by atoms with van der Waals surface area (Å²) in [6.45, 7) is 6.46. The summed E-state index contributed by atoms with van der Waals surface area (Å²) < 4.78 is 11.2. The maximum Gasteiger partial charge on any atom is 0.248 e. The Bertz CT molecular complexity index is 543. The summed E-state index contributed by atoms with van der Waals surface area (Å²) in [5.74, 6) is 2.21. The molecule has 1 amide bonds. The van der Waals surface area contributed by atoms with Crippen molar-refractivity contribution >= 4 is 17.7 Å². The van der Waals surface area contributed by atoms with E-state index in [9.17, 15) is 4.79 Å². The molecule has 3 rings (SSSR count). The SMILES string of the molecule is C[C@H](OCc1ccccc1)C(=O)NC[C@]1(N2CCOCC2)CCSC1. The first-order valence-electron chi connectivity index (χ1n) is 9.03. The zero-order valence-corrected chi connectivity index (χ0v) is 15.7. The molecule has 0 saturated carbocycles. The number of thioether (sulfide) groups is 1. The van der Waals surface area contributed by atoms with Crippen LogP contribution in [0.15, 0.2) is 30.3 Å². The number of carbonyl (C=O) groups is 1. The second kappa shape index (κ2) is 9.03. The highest BCUT2D eigenvalue weighted by atomic mass is 32.2. The van der Waals surface area contributed by atoms with E-state index in [2.05, 4.69) is 10.2 Å². The Kier molecular flexibility index (Phi) is 6.76. The molecule has 6 heteroatoms. The van der Waals surface area contributed by atoms with E-state index in [1.807, 2.05) is 49.0 Å². The lowest BCUT2D eigenvalue weighted by atomic mass is 9.95. The number of nitrogens with zero attached hydrogens (tertiary/aromatic N) is 1. The third-order valence-electron chi connectivity index (χ3n) is 5.07. The maximum absolute atomic E-state index is 12.5. The van der Waals surface area contributed by atoms with Crippen molar-refractivity contribution < 1.29 is 14.3 Å². The fourth-order valence-electron chi connectivity index (χ4n) is 3.40. The number of ether oxygens (including phenoxy) is 2. The van der Waals surface area contributed by atoms with Gasteiger partial charge >= 0.3 is 0 Å². The van der Waals surface area contributed by atoms with Crippen LogP contribution in [-0.2, 0) is 20.9 Å². The van der Waals surface area contributed by atoms with Gasteiger partial charge in [0.05, 0.1) is 19.8 Å². The van der Waals surface area contributed by atoms with E-state index in [-0.39, 0.29) is 11.4 Å². The Morgan fingerprint density at radius 2 is 2.12 bits per heavy atom. The number of nitrogens with one attached hydrogen (secondary N) is 1. The Morgan fingerprint density at radius 3 is 2.80 bits per heavy atom. The van der Waals surface area contributed by atoms with Crippen molar-refractivity contribution in [1.29, 1.82) is 0 Å². The van der Waals surface area contributed by atoms with E-state index in [1.54, 1.807) is 0 Å². The lowest BCUT2D eigenvalue weighted by Crippen LogP contribution is -2.59. The van der Waals surface area contributed by atoms with Gasteiger partial charge in [-0.3, -0.25) is 9.69 Å². The van der Waals surface area contributed by atoms with E-state index in [0.717, 1.165) is 49.8 Å². The topological polar surface area (TPSA) is 50.8 Å². The van der Waals surface area contributed by atoms with Crippen LogP contribution in [-0.4, -0.2) is 66.8 Å². The van der Waals surface area contributed by atoms with Crippen LogP contribution in [0.25, 0.3) is 0 Å². The molecule has 0 aromatic heterocycles. The number of amides is 1. The van der Waals surface area contributed by atoms with Crippen molar-refractivity contribution in [2.24, 2.45) is 0 Å². The lowest BCUT2D eigenvalue weighted by molar-refractivity contribution is -0.133. The van der Waals surface area contributed by atoms with Gasteiger partial charge < -0.3 is 14.8 Å². The summed E-state index contributed by atoms with van der Waals surface area (Å²) in [6.07, 6.45) is 0.674. The molecule has 138 valence electrons. The molecule has 2 aliphatic heterocycles. The highest BCUT2D eigenvalue weighted by molar-refractivity contribution is 7.99. The van der Waals surface area contributed by atoms with Gasteiger partial charge in [0.1, 0.15) is 6.10 Å². The van der Waals surface area contributed by atoms with Crippen molar-refractivity contribution in [1.82, 2.24) is 10.2 Å². The summed E-state index contributed by atoms with van der Waals surface area (Å²) in [6, 6.07) is 9.95. The molecule has 0 aliphatic carbocycles. The number of rotatable bonds is 7. The summed E-state index contributed by atoms with van der Waals surface area (Å²) in [5.41, 5.74) is 1.16. The average molecular weight is 365 g/mol. The van der Waals surface area contributed by atoms with E-state index in [0.29, 0.717) is 13.2 Å². The van der Waals surface area contributed by atoms with Crippen LogP contribution in [0, 0.1) is 0 Å². The number of carbonyl (C=O) groups excluding carboxylic acids is 1. The Morgan fingerprint density at radius 1 is 1.36 bits per heavy atom. The number of morpholine rings is 1. The number of hydrogen-bond acceptors (Lipinski definition) is 5. The molecule has 1 aromatic rings. The van der Waals surface area contributed by atoms with Gasteiger partial charge in [-0.15, -0.1) is 0 Å². The molecule has 0 unspecified atom stereocenters. The largest absolute Gasteiger partial charge is 0.379 e. The van der Waals surface area contributed by atoms with Gasteiger partial charge in [0.2, 0.25) is 5.91 Å². The normalized spacial score (nSPS) is 25.6. The summed E-state index contributed by atoms with van der Waals surface area (Å²) in [4.78, 5) is 15.0. The molecule has 2 heterocycles. The molecule has 0 spiro atoms. The van der Waals surface area contributed by atoms with Gasteiger partial charge in [0.25, 0.3) is 0 Å². The average Bonchev–Trinajstić information content (AvgIpc) is 3.16. The predicted molar refractivity (Wildman–Crippen MR) is 101 cm³/mol. The highest BCUT2D eigenvalue weighted by Crippen LogP contribution is 2.33. The molecule has 2 atom stereocenters. The van der Waals surface area contributed by atoms with Crippen LogP contribution in [0.2, 0.25) is 0 Å². The maximum atomic E-state index is 12.5. The summed E-state index contributed by atoms with van der Waals surface area (Å²) in [5, 5.41) is 3.14. The molecule has 1 N–H and O–H groups in total. The number of hydrogen-bond donors (Lipinski definition) is 1. The van der Waals surface area contributed by atoms with Crippen molar-refractivity contribution in [2.45, 2.75) is 31.6 Å². The zero-order chi connectivity index (χ0) is 17.5. The van der Waals surface area contributed by atoms with E-state index < -0.39 is 6.10 Å². The molecular formula is C19H28N2O3S. The highest BCUT2D eigenvalue weighted by Gasteiger charge is 2.41. The Labute approximate surface area is 154 Å².